The summed E-state index contributed by atoms with van der Waals surface area (Å²) in [6.07, 6.45) is 0. The lowest BCUT2D eigenvalue weighted by Gasteiger charge is -2.27. The Hall–Kier alpha value is -0.750. The molecule has 0 rings (SSSR count). The van der Waals surface area contributed by atoms with Gasteiger partial charge in [0.1, 0.15) is 6.04 Å². The number of thioether (sulfide) groups is 1. The quantitative estimate of drug-likeness (QED) is 0.639. The van der Waals surface area contributed by atoms with Crippen molar-refractivity contribution in [3.05, 3.63) is 0 Å². The van der Waals surface area contributed by atoms with E-state index >= 15 is 0 Å². The molecule has 3 N–H and O–H groups in total. The third kappa shape index (κ3) is 3.97. The molecule has 0 saturated heterocycles. The molecule has 1 atom stereocenters. The molecule has 0 aliphatic carbocycles. The summed E-state index contributed by atoms with van der Waals surface area (Å²) in [5.74, 6) is -1.36. The maximum absolute atomic E-state index is 10.8. The van der Waals surface area contributed by atoms with E-state index in [1.165, 1.54) is 18.9 Å². The Balaban J connectivity index is 4.19. The highest BCUT2D eigenvalue weighted by molar-refractivity contribution is 8.01. The highest BCUT2D eigenvalue weighted by atomic mass is 32.2. The summed E-state index contributed by atoms with van der Waals surface area (Å²) in [6.45, 7) is 3.36. The smallest absolute Gasteiger partial charge is 0.321 e. The summed E-state index contributed by atoms with van der Waals surface area (Å²) < 4.78 is 3.74. The van der Waals surface area contributed by atoms with Gasteiger partial charge in [-0.2, -0.15) is 0 Å². The highest BCUT2D eigenvalue weighted by Crippen LogP contribution is 2.27. The zero-order valence-electron chi connectivity index (χ0n) is 8.44. The minimum Gasteiger partial charge on any atom is -0.480 e. The third-order valence-electron chi connectivity index (χ3n) is 1.80. The van der Waals surface area contributed by atoms with Crippen LogP contribution in [0.5, 0.6) is 0 Å². The van der Waals surface area contributed by atoms with Crippen LogP contribution in [0.25, 0.3) is 0 Å². The number of carboxylic acid groups (broad SMARTS) is 1. The number of carboxylic acids is 1. The first-order valence-electron chi connectivity index (χ1n) is 4.00. The molecule has 6 heteroatoms. The Kier molecular flexibility index (Phi) is 4.93. The maximum Gasteiger partial charge on any atom is 0.321 e. The largest absolute Gasteiger partial charge is 0.480 e. The Morgan fingerprint density at radius 1 is 1.57 bits per heavy atom. The summed E-state index contributed by atoms with van der Waals surface area (Å²) in [5.41, 5.74) is 5.45. The van der Waals surface area contributed by atoms with Crippen molar-refractivity contribution in [3.63, 3.8) is 0 Å². The molecule has 0 bridgehead atoms. The van der Waals surface area contributed by atoms with E-state index in [1.807, 2.05) is 0 Å². The zero-order valence-corrected chi connectivity index (χ0v) is 9.26. The van der Waals surface area contributed by atoms with E-state index < -0.39 is 16.8 Å². The predicted octanol–water partition coefficient (Wildman–Crippen LogP) is 0.0831. The number of hydrogen-bond donors (Lipinski definition) is 2. The second-order valence-electron chi connectivity index (χ2n) is 3.28. The van der Waals surface area contributed by atoms with Gasteiger partial charge in [0.15, 0.2) is 0 Å². The topological polar surface area (TPSA) is 89.6 Å². The molecule has 0 spiro atoms. The Labute approximate surface area is 87.0 Å². The molecule has 0 aromatic heterocycles. The molecule has 0 radical (unpaired) electrons. The number of hydrogen-bond acceptors (Lipinski definition) is 5. The van der Waals surface area contributed by atoms with Gasteiger partial charge in [-0.1, -0.05) is 0 Å². The van der Waals surface area contributed by atoms with Crippen LogP contribution >= 0.6 is 11.8 Å². The molecule has 5 nitrogen and oxygen atoms in total. The molecule has 0 unspecified atom stereocenters. The molecule has 0 aromatic rings. The van der Waals surface area contributed by atoms with Gasteiger partial charge in [0.05, 0.1) is 12.9 Å². The van der Waals surface area contributed by atoms with Crippen molar-refractivity contribution in [2.24, 2.45) is 5.73 Å². The first-order valence-corrected chi connectivity index (χ1v) is 4.99. The van der Waals surface area contributed by atoms with Crippen LogP contribution < -0.4 is 5.73 Å². The summed E-state index contributed by atoms with van der Waals surface area (Å²) >= 11 is 1.17. The predicted molar refractivity (Wildman–Crippen MR) is 54.2 cm³/mol. The maximum atomic E-state index is 10.8. The van der Waals surface area contributed by atoms with E-state index in [0.717, 1.165) is 0 Å². The van der Waals surface area contributed by atoms with E-state index in [9.17, 15) is 9.59 Å². The van der Waals surface area contributed by atoms with Gasteiger partial charge < -0.3 is 15.6 Å². The number of nitrogens with two attached hydrogens (primary N) is 1. The van der Waals surface area contributed by atoms with Crippen LogP contribution in [-0.4, -0.2) is 40.7 Å². The number of esters is 1. The van der Waals surface area contributed by atoms with Crippen LogP contribution in [0.1, 0.15) is 13.8 Å². The molecule has 0 aromatic carbocycles. The lowest BCUT2D eigenvalue weighted by Crippen LogP contribution is -2.47. The van der Waals surface area contributed by atoms with Gasteiger partial charge in [-0.25, -0.2) is 0 Å². The fraction of sp³-hybridized carbons (Fsp3) is 0.750. The van der Waals surface area contributed by atoms with Crippen LogP contribution in [0.15, 0.2) is 0 Å². The highest BCUT2D eigenvalue weighted by Gasteiger charge is 2.33. The first kappa shape index (κ1) is 13.2. The number of carbonyl (C=O) groups excluding carboxylic acids is 1. The van der Waals surface area contributed by atoms with E-state index in [4.69, 9.17) is 10.8 Å². The first-order chi connectivity index (χ1) is 6.31. The number of rotatable bonds is 5. The fourth-order valence-corrected chi connectivity index (χ4v) is 1.58. The van der Waals surface area contributed by atoms with E-state index in [2.05, 4.69) is 4.74 Å². The van der Waals surface area contributed by atoms with Crippen LogP contribution in [0.4, 0.5) is 0 Å². The molecular formula is C8H15NO4S. The van der Waals surface area contributed by atoms with E-state index in [1.54, 1.807) is 13.8 Å². The average molecular weight is 221 g/mol. The zero-order chi connectivity index (χ0) is 11.4. The van der Waals surface area contributed by atoms with E-state index in [0.29, 0.717) is 0 Å². The molecule has 82 valence electrons. The normalized spacial score (nSPS) is 13.4. The monoisotopic (exact) mass is 221 g/mol. The van der Waals surface area contributed by atoms with Gasteiger partial charge in [-0.15, -0.1) is 11.8 Å². The summed E-state index contributed by atoms with van der Waals surface area (Å²) in [6, 6.07) is -1.00. The van der Waals surface area contributed by atoms with Crippen LogP contribution in [-0.2, 0) is 14.3 Å². The van der Waals surface area contributed by atoms with Crippen LogP contribution in [0.3, 0.4) is 0 Å². The van der Waals surface area contributed by atoms with Gasteiger partial charge in [-0.3, -0.25) is 9.59 Å². The van der Waals surface area contributed by atoms with Gasteiger partial charge in [0.25, 0.3) is 0 Å². The van der Waals surface area contributed by atoms with Gasteiger partial charge in [-0.05, 0) is 13.8 Å². The summed E-state index contributed by atoms with van der Waals surface area (Å²) in [5, 5.41) is 8.69. The van der Waals surface area contributed by atoms with Crippen LogP contribution in [0.2, 0.25) is 0 Å². The van der Waals surface area contributed by atoms with Crippen molar-refractivity contribution in [3.8, 4) is 0 Å². The van der Waals surface area contributed by atoms with Crippen molar-refractivity contribution >= 4 is 23.7 Å². The van der Waals surface area contributed by atoms with Gasteiger partial charge in [0, 0.05) is 4.75 Å². The van der Waals surface area contributed by atoms with Crippen LogP contribution in [0, 0.1) is 0 Å². The van der Waals surface area contributed by atoms with E-state index in [-0.39, 0.29) is 11.7 Å². The fourth-order valence-electron chi connectivity index (χ4n) is 0.691. The lowest BCUT2D eigenvalue weighted by molar-refractivity contribution is -0.139. The average Bonchev–Trinajstić information content (AvgIpc) is 2.12. The second kappa shape index (κ2) is 5.21. The SMILES string of the molecule is COC(=O)CSC(C)(C)[C@@H](N)C(=O)O. The Morgan fingerprint density at radius 2 is 2.07 bits per heavy atom. The van der Waals surface area contributed by atoms with Crippen molar-refractivity contribution in [1.82, 2.24) is 0 Å². The molecular weight excluding hydrogens is 206 g/mol. The molecule has 0 aliphatic rings. The number of carbonyl (C=O) groups is 2. The van der Waals surface area contributed by atoms with Gasteiger partial charge >= 0.3 is 11.9 Å². The lowest BCUT2D eigenvalue weighted by atomic mass is 10.1. The molecule has 0 fully saturated rings. The van der Waals surface area contributed by atoms with Crippen molar-refractivity contribution < 1.29 is 19.4 Å². The molecule has 0 heterocycles. The Bertz CT molecular complexity index is 229. The second-order valence-corrected chi connectivity index (χ2v) is 4.91. The molecule has 14 heavy (non-hydrogen) atoms. The van der Waals surface area contributed by atoms with Crippen molar-refractivity contribution in [2.75, 3.05) is 12.9 Å². The number of ether oxygens (including phenoxy) is 1. The van der Waals surface area contributed by atoms with Crippen molar-refractivity contribution in [1.29, 1.82) is 0 Å². The third-order valence-corrected chi connectivity index (χ3v) is 3.18. The molecule has 0 saturated carbocycles. The van der Waals surface area contributed by atoms with Gasteiger partial charge in [0.2, 0.25) is 0 Å². The minimum absolute atomic E-state index is 0.102. The molecule has 0 aliphatic heterocycles. The Morgan fingerprint density at radius 3 is 2.43 bits per heavy atom. The van der Waals surface area contributed by atoms with Crippen molar-refractivity contribution in [2.45, 2.75) is 24.6 Å². The summed E-state index contributed by atoms with van der Waals surface area (Å²) in [4.78, 5) is 21.4. The standard InChI is InChI=1S/C8H15NO4S/c1-8(2,6(9)7(11)12)14-4-5(10)13-3/h6H,4,9H2,1-3H3,(H,11,12)/t6-/m0/s1. The number of aliphatic carboxylic acids is 1. The summed E-state index contributed by atoms with van der Waals surface area (Å²) in [7, 11) is 1.28. The molecule has 0 amide bonds. The minimum atomic E-state index is -1.08. The number of methoxy groups -OCH3 is 1.